The van der Waals surface area contributed by atoms with E-state index in [0.717, 1.165) is 13.0 Å². The van der Waals surface area contributed by atoms with Crippen LogP contribution in [0.25, 0.3) is 0 Å². The minimum Gasteiger partial charge on any atom is -0.345 e. The summed E-state index contributed by atoms with van der Waals surface area (Å²) in [5.41, 5.74) is 0.0598. The molecule has 0 rings (SSSR count). The van der Waals surface area contributed by atoms with Gasteiger partial charge in [-0.05, 0) is 27.2 Å². The van der Waals surface area contributed by atoms with Gasteiger partial charge in [-0.2, -0.15) is 0 Å². The first-order chi connectivity index (χ1) is 5.93. The molecule has 0 aromatic carbocycles. The first kappa shape index (κ1) is 12.4. The Morgan fingerprint density at radius 2 is 1.92 bits per heavy atom. The lowest BCUT2D eigenvalue weighted by Gasteiger charge is -2.25. The number of nitrogens with one attached hydrogen (secondary N) is 1. The molecule has 0 fully saturated rings. The van der Waals surface area contributed by atoms with Gasteiger partial charge in [-0.15, -0.1) is 0 Å². The molecule has 0 heterocycles. The highest BCUT2D eigenvalue weighted by Gasteiger charge is 2.16. The summed E-state index contributed by atoms with van der Waals surface area (Å²) in [5.74, 6) is 0.157. The maximum Gasteiger partial charge on any atom is 0.236 e. The molecule has 0 saturated heterocycles. The number of carbonyl (C=O) groups excluding carboxylic acids is 1. The van der Waals surface area contributed by atoms with Gasteiger partial charge in [0.1, 0.15) is 0 Å². The zero-order valence-corrected chi connectivity index (χ0v) is 9.48. The van der Waals surface area contributed by atoms with E-state index in [-0.39, 0.29) is 11.4 Å². The van der Waals surface area contributed by atoms with Crippen LogP contribution in [0.2, 0.25) is 0 Å². The molecule has 0 unspecified atom stereocenters. The van der Waals surface area contributed by atoms with Crippen molar-refractivity contribution in [3.05, 3.63) is 0 Å². The monoisotopic (exact) mass is 186 g/mol. The zero-order valence-electron chi connectivity index (χ0n) is 9.48. The van der Waals surface area contributed by atoms with E-state index in [9.17, 15) is 4.79 Å². The molecule has 0 aromatic rings. The first-order valence-corrected chi connectivity index (χ1v) is 4.92. The first-order valence-electron chi connectivity index (χ1n) is 4.92. The predicted octanol–water partition coefficient (Wildman–Crippen LogP) is 1.24. The summed E-state index contributed by atoms with van der Waals surface area (Å²) in [6.07, 6.45) is 1.02. The Hall–Kier alpha value is -0.570. The number of hydrogen-bond donors (Lipinski definition) is 1. The number of nitrogens with zero attached hydrogens (tertiary/aromatic N) is 1. The number of likely N-dealkylation sites (N-methyl/N-ethyl adjacent to an activating group) is 1. The summed E-state index contributed by atoms with van der Waals surface area (Å²) < 4.78 is 0. The van der Waals surface area contributed by atoms with Crippen LogP contribution in [-0.2, 0) is 4.79 Å². The molecule has 0 aliphatic heterocycles. The Balaban J connectivity index is 3.83. The van der Waals surface area contributed by atoms with Crippen molar-refractivity contribution in [2.75, 3.05) is 20.1 Å². The molecular weight excluding hydrogens is 164 g/mol. The Labute approximate surface area is 81.5 Å². The molecule has 78 valence electrons. The number of rotatable bonds is 5. The van der Waals surface area contributed by atoms with E-state index in [1.807, 2.05) is 14.0 Å². The van der Waals surface area contributed by atoms with E-state index in [2.05, 4.69) is 26.1 Å². The average Bonchev–Trinajstić information content (AvgIpc) is 2.13. The smallest absolute Gasteiger partial charge is 0.236 e. The van der Waals surface area contributed by atoms with Crippen LogP contribution in [-0.4, -0.2) is 36.5 Å². The lowest BCUT2D eigenvalue weighted by atomic mass is 10.0. The number of amides is 1. The fraction of sp³-hybridized carbons (Fsp3) is 0.900. The zero-order chi connectivity index (χ0) is 10.5. The van der Waals surface area contributed by atoms with Crippen molar-refractivity contribution in [3.8, 4) is 0 Å². The quantitative estimate of drug-likeness (QED) is 0.700. The van der Waals surface area contributed by atoms with Gasteiger partial charge in [0.25, 0.3) is 0 Å². The Bertz CT molecular complexity index is 166. The van der Waals surface area contributed by atoms with Crippen molar-refractivity contribution in [1.29, 1.82) is 0 Å². The fourth-order valence-electron chi connectivity index (χ4n) is 0.751. The highest BCUT2D eigenvalue weighted by atomic mass is 16.2. The minimum absolute atomic E-state index is 0.0598. The molecule has 0 atom stereocenters. The van der Waals surface area contributed by atoms with Gasteiger partial charge in [-0.3, -0.25) is 4.79 Å². The van der Waals surface area contributed by atoms with Crippen LogP contribution in [0.15, 0.2) is 0 Å². The fourth-order valence-corrected chi connectivity index (χ4v) is 0.751. The van der Waals surface area contributed by atoms with Gasteiger partial charge in [0, 0.05) is 19.1 Å². The lowest BCUT2D eigenvalue weighted by molar-refractivity contribution is -0.129. The van der Waals surface area contributed by atoms with Crippen LogP contribution in [0.3, 0.4) is 0 Å². The molecule has 0 aliphatic rings. The molecule has 13 heavy (non-hydrogen) atoms. The summed E-state index contributed by atoms with van der Waals surface area (Å²) in [4.78, 5) is 13.1. The van der Waals surface area contributed by atoms with Crippen LogP contribution >= 0.6 is 0 Å². The average molecular weight is 186 g/mol. The second-order valence-corrected chi connectivity index (χ2v) is 4.00. The third-order valence-corrected chi connectivity index (χ3v) is 2.50. The van der Waals surface area contributed by atoms with Crippen molar-refractivity contribution in [2.45, 2.75) is 39.7 Å². The largest absolute Gasteiger partial charge is 0.345 e. The SMILES string of the molecule is CCN(C)C(=O)CNC(C)(C)CC. The summed E-state index contributed by atoms with van der Waals surface area (Å²) >= 11 is 0. The lowest BCUT2D eigenvalue weighted by Crippen LogP contribution is -2.45. The maximum atomic E-state index is 11.4. The van der Waals surface area contributed by atoms with Gasteiger partial charge in [-0.25, -0.2) is 0 Å². The van der Waals surface area contributed by atoms with E-state index in [0.29, 0.717) is 6.54 Å². The second-order valence-electron chi connectivity index (χ2n) is 4.00. The molecular formula is C10H22N2O. The third kappa shape index (κ3) is 4.88. The van der Waals surface area contributed by atoms with Crippen LogP contribution in [0, 0.1) is 0 Å². The highest BCUT2D eigenvalue weighted by molar-refractivity contribution is 5.77. The second kappa shape index (κ2) is 5.22. The third-order valence-electron chi connectivity index (χ3n) is 2.50. The van der Waals surface area contributed by atoms with Crippen molar-refractivity contribution < 1.29 is 4.79 Å². The number of hydrogen-bond acceptors (Lipinski definition) is 2. The van der Waals surface area contributed by atoms with Crippen molar-refractivity contribution in [2.24, 2.45) is 0 Å². The summed E-state index contributed by atoms with van der Waals surface area (Å²) in [6, 6.07) is 0. The van der Waals surface area contributed by atoms with Crippen LogP contribution < -0.4 is 5.32 Å². The molecule has 0 spiro atoms. The maximum absolute atomic E-state index is 11.4. The van der Waals surface area contributed by atoms with E-state index >= 15 is 0 Å². The van der Waals surface area contributed by atoms with Crippen molar-refractivity contribution in [1.82, 2.24) is 10.2 Å². The van der Waals surface area contributed by atoms with E-state index in [1.165, 1.54) is 0 Å². The van der Waals surface area contributed by atoms with Crippen LogP contribution in [0.1, 0.15) is 34.1 Å². The Morgan fingerprint density at radius 1 is 1.38 bits per heavy atom. The van der Waals surface area contributed by atoms with E-state index < -0.39 is 0 Å². The standard InChI is InChI=1S/C10H22N2O/c1-6-10(3,4)11-8-9(13)12(5)7-2/h11H,6-8H2,1-5H3. The topological polar surface area (TPSA) is 32.3 Å². The Morgan fingerprint density at radius 3 is 2.31 bits per heavy atom. The normalized spacial score (nSPS) is 11.5. The van der Waals surface area contributed by atoms with Gasteiger partial charge in [0.15, 0.2) is 0 Å². The summed E-state index contributed by atoms with van der Waals surface area (Å²) in [7, 11) is 1.82. The van der Waals surface area contributed by atoms with Gasteiger partial charge in [0.2, 0.25) is 5.91 Å². The van der Waals surface area contributed by atoms with Crippen molar-refractivity contribution >= 4 is 5.91 Å². The summed E-state index contributed by atoms with van der Waals surface area (Å²) in [6.45, 7) is 9.50. The number of carbonyl (C=O) groups is 1. The molecule has 1 N–H and O–H groups in total. The van der Waals surface area contributed by atoms with Gasteiger partial charge < -0.3 is 10.2 Å². The molecule has 0 saturated carbocycles. The highest BCUT2D eigenvalue weighted by Crippen LogP contribution is 2.05. The molecule has 3 nitrogen and oxygen atoms in total. The van der Waals surface area contributed by atoms with Gasteiger partial charge in [-0.1, -0.05) is 6.92 Å². The minimum atomic E-state index is 0.0598. The Kier molecular flexibility index (Phi) is 4.99. The predicted molar refractivity (Wildman–Crippen MR) is 55.7 cm³/mol. The molecule has 0 aromatic heterocycles. The summed E-state index contributed by atoms with van der Waals surface area (Å²) in [5, 5.41) is 3.23. The molecule has 3 heteroatoms. The molecule has 0 radical (unpaired) electrons. The van der Waals surface area contributed by atoms with E-state index in [1.54, 1.807) is 4.90 Å². The molecule has 0 bridgehead atoms. The molecule has 0 aliphatic carbocycles. The van der Waals surface area contributed by atoms with Crippen molar-refractivity contribution in [3.63, 3.8) is 0 Å². The van der Waals surface area contributed by atoms with Gasteiger partial charge >= 0.3 is 0 Å². The van der Waals surface area contributed by atoms with Crippen LogP contribution in [0.4, 0.5) is 0 Å². The van der Waals surface area contributed by atoms with Crippen LogP contribution in [0.5, 0.6) is 0 Å². The molecule has 1 amide bonds. The van der Waals surface area contributed by atoms with Gasteiger partial charge in [0.05, 0.1) is 6.54 Å². The van der Waals surface area contributed by atoms with E-state index in [4.69, 9.17) is 0 Å².